The molecule has 0 amide bonds. The van der Waals surface area contributed by atoms with Crippen molar-refractivity contribution in [3.05, 3.63) is 23.8 Å². The van der Waals surface area contributed by atoms with Crippen LogP contribution >= 0.6 is 0 Å². The molecule has 2 rings (SSSR count). The molecule has 1 heterocycles. The van der Waals surface area contributed by atoms with Crippen LogP contribution in [0.4, 0.5) is 5.69 Å². The molecule has 0 bridgehead atoms. The standard InChI is InChI=1S/C18H29N3O/c1-5-20(6-2)17-11-10-16(18(22)12-17)13-19-21-14(3)8-7-9-15(21)4/h10-15,22H,5-9H2,1-4H3/b19-13+/t14-,15+. The second kappa shape index (κ2) is 7.52. The van der Waals surface area contributed by atoms with Crippen molar-refractivity contribution in [2.24, 2.45) is 5.10 Å². The van der Waals surface area contributed by atoms with Crippen LogP contribution in [-0.2, 0) is 0 Å². The number of phenolic OH excluding ortho intramolecular Hbond substituents is 1. The van der Waals surface area contributed by atoms with Gasteiger partial charge in [0.2, 0.25) is 0 Å². The molecule has 1 aromatic rings. The molecule has 1 fully saturated rings. The molecule has 0 radical (unpaired) electrons. The van der Waals surface area contributed by atoms with E-state index in [2.05, 4.69) is 48.8 Å². The number of hydrogen-bond donors (Lipinski definition) is 1. The lowest BCUT2D eigenvalue weighted by Gasteiger charge is -2.36. The molecule has 1 aliphatic rings. The predicted octanol–water partition coefficient (Wildman–Crippen LogP) is 3.84. The molecule has 0 aromatic heterocycles. The Morgan fingerprint density at radius 2 is 1.86 bits per heavy atom. The largest absolute Gasteiger partial charge is 0.507 e. The van der Waals surface area contributed by atoms with Crippen molar-refractivity contribution in [1.82, 2.24) is 5.01 Å². The number of phenols is 1. The van der Waals surface area contributed by atoms with E-state index in [-0.39, 0.29) is 0 Å². The zero-order valence-electron chi connectivity index (χ0n) is 14.3. The summed E-state index contributed by atoms with van der Waals surface area (Å²) in [6.45, 7) is 10.6. The molecule has 122 valence electrons. The number of hydrazone groups is 1. The highest BCUT2D eigenvalue weighted by atomic mass is 16.3. The summed E-state index contributed by atoms with van der Waals surface area (Å²) in [6.07, 6.45) is 5.45. The summed E-state index contributed by atoms with van der Waals surface area (Å²) in [5.74, 6) is 0.297. The van der Waals surface area contributed by atoms with Gasteiger partial charge in [-0.05, 0) is 59.1 Å². The Hall–Kier alpha value is -1.71. The molecule has 0 spiro atoms. The van der Waals surface area contributed by atoms with Crippen molar-refractivity contribution in [2.45, 2.75) is 59.0 Å². The molecule has 1 aliphatic heterocycles. The van der Waals surface area contributed by atoms with Crippen molar-refractivity contribution in [1.29, 1.82) is 0 Å². The van der Waals surface area contributed by atoms with Gasteiger partial charge in [0, 0.05) is 42.5 Å². The second-order valence-corrected chi connectivity index (χ2v) is 6.17. The van der Waals surface area contributed by atoms with Gasteiger partial charge >= 0.3 is 0 Å². The van der Waals surface area contributed by atoms with E-state index in [1.807, 2.05) is 12.1 Å². The van der Waals surface area contributed by atoms with Crippen LogP contribution in [0.5, 0.6) is 5.75 Å². The van der Waals surface area contributed by atoms with Crippen molar-refractivity contribution in [3.63, 3.8) is 0 Å². The number of aromatic hydroxyl groups is 1. The fourth-order valence-corrected chi connectivity index (χ4v) is 3.19. The number of hydrogen-bond acceptors (Lipinski definition) is 4. The highest BCUT2D eigenvalue weighted by molar-refractivity contribution is 5.84. The van der Waals surface area contributed by atoms with Crippen LogP contribution in [0.15, 0.2) is 23.3 Å². The Balaban J connectivity index is 2.14. The lowest BCUT2D eigenvalue weighted by atomic mass is 10.00. The molecular weight excluding hydrogens is 274 g/mol. The minimum Gasteiger partial charge on any atom is -0.507 e. The molecule has 1 N–H and O–H groups in total. The summed E-state index contributed by atoms with van der Waals surface area (Å²) in [6, 6.07) is 6.77. The average Bonchev–Trinajstić information content (AvgIpc) is 2.50. The van der Waals surface area contributed by atoms with Gasteiger partial charge in [-0.15, -0.1) is 0 Å². The van der Waals surface area contributed by atoms with Crippen LogP contribution in [0.3, 0.4) is 0 Å². The fraction of sp³-hybridized carbons (Fsp3) is 0.611. The van der Waals surface area contributed by atoms with Gasteiger partial charge in [-0.25, -0.2) is 0 Å². The maximum Gasteiger partial charge on any atom is 0.126 e. The smallest absolute Gasteiger partial charge is 0.126 e. The molecule has 0 aliphatic carbocycles. The van der Waals surface area contributed by atoms with Crippen LogP contribution in [0.1, 0.15) is 52.5 Å². The predicted molar refractivity (Wildman–Crippen MR) is 93.9 cm³/mol. The number of rotatable bonds is 5. The van der Waals surface area contributed by atoms with E-state index >= 15 is 0 Å². The van der Waals surface area contributed by atoms with Crippen molar-refractivity contribution >= 4 is 11.9 Å². The van der Waals surface area contributed by atoms with Crippen LogP contribution in [0.25, 0.3) is 0 Å². The SMILES string of the molecule is CCN(CC)c1ccc(/C=N/N2[C@H](C)CCC[C@@H]2C)c(O)c1. The molecule has 0 saturated carbocycles. The highest BCUT2D eigenvalue weighted by Gasteiger charge is 2.22. The van der Waals surface area contributed by atoms with Gasteiger partial charge in [0.15, 0.2) is 0 Å². The highest BCUT2D eigenvalue weighted by Crippen LogP contribution is 2.25. The van der Waals surface area contributed by atoms with E-state index in [1.165, 1.54) is 19.3 Å². The van der Waals surface area contributed by atoms with Gasteiger partial charge < -0.3 is 10.0 Å². The summed E-state index contributed by atoms with van der Waals surface area (Å²) >= 11 is 0. The lowest BCUT2D eigenvalue weighted by molar-refractivity contribution is 0.109. The van der Waals surface area contributed by atoms with Crippen LogP contribution < -0.4 is 4.90 Å². The molecule has 2 atom stereocenters. The minimum atomic E-state index is 0.297. The lowest BCUT2D eigenvalue weighted by Crippen LogP contribution is -2.39. The third kappa shape index (κ3) is 3.73. The fourth-order valence-electron chi connectivity index (χ4n) is 3.19. The van der Waals surface area contributed by atoms with E-state index in [0.717, 1.165) is 24.3 Å². The van der Waals surface area contributed by atoms with Crippen LogP contribution in [-0.4, -0.2) is 41.5 Å². The van der Waals surface area contributed by atoms with E-state index in [0.29, 0.717) is 17.8 Å². The number of anilines is 1. The molecular formula is C18H29N3O. The first-order valence-corrected chi connectivity index (χ1v) is 8.47. The molecule has 1 saturated heterocycles. The zero-order valence-corrected chi connectivity index (χ0v) is 14.3. The summed E-state index contributed by atoms with van der Waals surface area (Å²) in [7, 11) is 0. The molecule has 0 unspecified atom stereocenters. The summed E-state index contributed by atoms with van der Waals surface area (Å²) < 4.78 is 0. The molecule has 22 heavy (non-hydrogen) atoms. The van der Waals surface area contributed by atoms with Crippen LogP contribution in [0.2, 0.25) is 0 Å². The first kappa shape index (κ1) is 16.7. The Bertz CT molecular complexity index is 501. The first-order valence-electron chi connectivity index (χ1n) is 8.47. The normalized spacial score (nSPS) is 22.3. The molecule has 1 aromatic carbocycles. The topological polar surface area (TPSA) is 39.1 Å². The van der Waals surface area contributed by atoms with Crippen molar-refractivity contribution in [3.8, 4) is 5.75 Å². The quantitative estimate of drug-likeness (QED) is 0.840. The summed E-state index contributed by atoms with van der Waals surface area (Å²) in [5.41, 5.74) is 1.83. The maximum atomic E-state index is 10.3. The third-order valence-electron chi connectivity index (χ3n) is 4.62. The third-order valence-corrected chi connectivity index (χ3v) is 4.62. The monoisotopic (exact) mass is 303 g/mol. The Morgan fingerprint density at radius 1 is 1.23 bits per heavy atom. The van der Waals surface area contributed by atoms with Gasteiger partial charge in [-0.2, -0.15) is 5.10 Å². The van der Waals surface area contributed by atoms with Crippen LogP contribution in [0, 0.1) is 0 Å². The van der Waals surface area contributed by atoms with E-state index in [9.17, 15) is 5.11 Å². The second-order valence-electron chi connectivity index (χ2n) is 6.17. The molecule has 4 nitrogen and oxygen atoms in total. The Kier molecular flexibility index (Phi) is 5.69. The minimum absolute atomic E-state index is 0.297. The van der Waals surface area contributed by atoms with E-state index in [1.54, 1.807) is 6.21 Å². The summed E-state index contributed by atoms with van der Waals surface area (Å²) in [4.78, 5) is 2.22. The Labute approximate surface area is 134 Å². The number of piperidine rings is 1. The Morgan fingerprint density at radius 3 is 2.41 bits per heavy atom. The van der Waals surface area contributed by atoms with Gasteiger partial charge in [-0.3, -0.25) is 5.01 Å². The molecule has 4 heteroatoms. The van der Waals surface area contributed by atoms with Gasteiger partial charge in [-0.1, -0.05) is 0 Å². The summed E-state index contributed by atoms with van der Waals surface area (Å²) in [5, 5.41) is 17.0. The van der Waals surface area contributed by atoms with Gasteiger partial charge in [0.05, 0.1) is 6.21 Å². The van der Waals surface area contributed by atoms with E-state index in [4.69, 9.17) is 0 Å². The first-order chi connectivity index (χ1) is 10.6. The number of benzene rings is 1. The zero-order chi connectivity index (χ0) is 16.1. The van der Waals surface area contributed by atoms with E-state index < -0.39 is 0 Å². The van der Waals surface area contributed by atoms with Gasteiger partial charge in [0.25, 0.3) is 0 Å². The maximum absolute atomic E-state index is 10.3. The van der Waals surface area contributed by atoms with Crippen molar-refractivity contribution < 1.29 is 5.11 Å². The van der Waals surface area contributed by atoms with Gasteiger partial charge in [0.1, 0.15) is 5.75 Å². The number of nitrogens with zero attached hydrogens (tertiary/aromatic N) is 3. The average molecular weight is 303 g/mol. The van der Waals surface area contributed by atoms with Crippen molar-refractivity contribution in [2.75, 3.05) is 18.0 Å².